The minimum atomic E-state index is -0.516. The monoisotopic (exact) mass is 369 g/mol. The molecule has 1 heterocycles. The SMILES string of the molecule is O=C(CCN1C(=O)C2C3C=CC(CC3)C2C1=O)Nc1ccc([N+](=O)[O-])cc1. The van der Waals surface area contributed by atoms with Gasteiger partial charge in [0.15, 0.2) is 0 Å². The van der Waals surface area contributed by atoms with Crippen molar-refractivity contribution in [1.82, 2.24) is 4.90 Å². The molecular weight excluding hydrogens is 350 g/mol. The third-order valence-corrected chi connectivity index (χ3v) is 5.77. The number of benzene rings is 1. The van der Waals surface area contributed by atoms with Crippen molar-refractivity contribution in [3.63, 3.8) is 0 Å². The summed E-state index contributed by atoms with van der Waals surface area (Å²) in [4.78, 5) is 48.9. The van der Waals surface area contributed by atoms with E-state index in [-0.39, 0.29) is 60.0 Å². The molecule has 4 aliphatic rings. The Morgan fingerprint density at radius 3 is 2.11 bits per heavy atom. The summed E-state index contributed by atoms with van der Waals surface area (Å²) in [5.74, 6) is -0.927. The summed E-state index contributed by atoms with van der Waals surface area (Å²) in [6.07, 6.45) is 6.00. The average molecular weight is 369 g/mol. The fourth-order valence-corrected chi connectivity index (χ4v) is 4.46. The molecule has 0 spiro atoms. The molecule has 27 heavy (non-hydrogen) atoms. The van der Waals surface area contributed by atoms with Crippen LogP contribution in [0.15, 0.2) is 36.4 Å². The number of allylic oxidation sites excluding steroid dienone is 2. The van der Waals surface area contributed by atoms with Crippen LogP contribution >= 0.6 is 0 Å². The molecule has 0 radical (unpaired) electrons. The zero-order valence-electron chi connectivity index (χ0n) is 14.5. The largest absolute Gasteiger partial charge is 0.326 e. The second-order valence-electron chi connectivity index (χ2n) is 7.27. The van der Waals surface area contributed by atoms with Crippen LogP contribution in [0.25, 0.3) is 0 Å². The van der Waals surface area contributed by atoms with Gasteiger partial charge in [0.2, 0.25) is 17.7 Å². The van der Waals surface area contributed by atoms with Crippen LogP contribution in [-0.4, -0.2) is 34.1 Å². The zero-order chi connectivity index (χ0) is 19.1. The van der Waals surface area contributed by atoms with E-state index >= 15 is 0 Å². The van der Waals surface area contributed by atoms with Gasteiger partial charge in [0.1, 0.15) is 0 Å². The molecule has 1 aliphatic heterocycles. The molecule has 8 heteroatoms. The Morgan fingerprint density at radius 2 is 1.63 bits per heavy atom. The zero-order valence-corrected chi connectivity index (χ0v) is 14.5. The topological polar surface area (TPSA) is 110 Å². The maximum absolute atomic E-state index is 12.7. The highest BCUT2D eigenvalue weighted by atomic mass is 16.6. The number of fused-ring (bicyclic) bond motifs is 1. The molecular formula is C19H19N3O5. The first-order valence-corrected chi connectivity index (χ1v) is 9.03. The van der Waals surface area contributed by atoms with Gasteiger partial charge >= 0.3 is 0 Å². The molecule has 4 unspecified atom stereocenters. The number of hydrogen-bond acceptors (Lipinski definition) is 5. The highest BCUT2D eigenvalue weighted by molar-refractivity contribution is 6.06. The van der Waals surface area contributed by atoms with E-state index in [1.807, 2.05) is 0 Å². The number of nitro groups is 1. The molecule has 140 valence electrons. The fourth-order valence-electron chi connectivity index (χ4n) is 4.46. The third-order valence-electron chi connectivity index (χ3n) is 5.77. The lowest BCUT2D eigenvalue weighted by Gasteiger charge is -2.38. The van der Waals surface area contributed by atoms with Crippen LogP contribution in [0.3, 0.4) is 0 Å². The van der Waals surface area contributed by atoms with Crippen molar-refractivity contribution in [2.45, 2.75) is 19.3 Å². The number of carbonyl (C=O) groups excluding carboxylic acids is 3. The van der Waals surface area contributed by atoms with Crippen molar-refractivity contribution in [2.75, 3.05) is 11.9 Å². The number of nitrogens with zero attached hydrogens (tertiary/aromatic N) is 2. The predicted molar refractivity (Wildman–Crippen MR) is 95.4 cm³/mol. The van der Waals surface area contributed by atoms with Gasteiger partial charge in [-0.1, -0.05) is 12.2 Å². The number of hydrogen-bond donors (Lipinski definition) is 1. The quantitative estimate of drug-likeness (QED) is 0.370. The van der Waals surface area contributed by atoms with Crippen molar-refractivity contribution >= 4 is 29.1 Å². The van der Waals surface area contributed by atoms with Crippen LogP contribution in [-0.2, 0) is 14.4 Å². The van der Waals surface area contributed by atoms with E-state index in [2.05, 4.69) is 17.5 Å². The van der Waals surface area contributed by atoms with Crippen LogP contribution in [0, 0.1) is 33.8 Å². The number of likely N-dealkylation sites (tertiary alicyclic amines) is 1. The number of amides is 3. The van der Waals surface area contributed by atoms with Gasteiger partial charge in [-0.15, -0.1) is 0 Å². The van der Waals surface area contributed by atoms with E-state index < -0.39 is 4.92 Å². The molecule has 2 fully saturated rings. The number of nitrogens with one attached hydrogen (secondary N) is 1. The highest BCUT2D eigenvalue weighted by Gasteiger charge is 2.56. The lowest BCUT2D eigenvalue weighted by atomic mass is 9.63. The molecule has 4 atom stereocenters. The summed E-state index contributed by atoms with van der Waals surface area (Å²) < 4.78 is 0. The number of non-ortho nitro benzene ring substituents is 1. The first kappa shape index (κ1) is 17.4. The molecule has 1 saturated heterocycles. The van der Waals surface area contributed by atoms with E-state index in [0.29, 0.717) is 5.69 Å². The summed E-state index contributed by atoms with van der Waals surface area (Å²) in [6, 6.07) is 5.49. The molecule has 0 aromatic heterocycles. The number of nitro benzene ring substituents is 1. The maximum atomic E-state index is 12.7. The van der Waals surface area contributed by atoms with Gasteiger partial charge in [0.05, 0.1) is 16.8 Å². The second-order valence-corrected chi connectivity index (χ2v) is 7.27. The first-order chi connectivity index (χ1) is 13.0. The molecule has 3 aliphatic carbocycles. The molecule has 1 saturated carbocycles. The molecule has 1 aromatic carbocycles. The van der Waals surface area contributed by atoms with Crippen molar-refractivity contribution < 1.29 is 19.3 Å². The first-order valence-electron chi connectivity index (χ1n) is 9.03. The Labute approximate surface area is 155 Å². The third kappa shape index (κ3) is 3.01. The number of rotatable bonds is 5. The van der Waals surface area contributed by atoms with Crippen LogP contribution in [0.1, 0.15) is 19.3 Å². The average Bonchev–Trinajstić information content (AvgIpc) is 2.94. The molecule has 1 N–H and O–H groups in total. The van der Waals surface area contributed by atoms with Gasteiger partial charge in [0.25, 0.3) is 5.69 Å². The predicted octanol–water partition coefficient (Wildman–Crippen LogP) is 2.12. The van der Waals surface area contributed by atoms with Gasteiger partial charge in [0, 0.05) is 30.8 Å². The van der Waals surface area contributed by atoms with Gasteiger partial charge < -0.3 is 5.32 Å². The van der Waals surface area contributed by atoms with Crippen molar-refractivity contribution in [1.29, 1.82) is 0 Å². The summed E-state index contributed by atoms with van der Waals surface area (Å²) in [5.41, 5.74) is 0.368. The Morgan fingerprint density at radius 1 is 1.07 bits per heavy atom. The van der Waals surface area contributed by atoms with Crippen LogP contribution in [0.4, 0.5) is 11.4 Å². The van der Waals surface area contributed by atoms with Gasteiger partial charge in [-0.05, 0) is 36.8 Å². The number of anilines is 1. The van der Waals surface area contributed by atoms with Crippen LogP contribution < -0.4 is 5.32 Å². The summed E-state index contributed by atoms with van der Waals surface area (Å²) in [6.45, 7) is 0.0585. The lowest BCUT2D eigenvalue weighted by Crippen LogP contribution is -2.38. The van der Waals surface area contributed by atoms with E-state index in [0.717, 1.165) is 12.8 Å². The van der Waals surface area contributed by atoms with Crippen molar-refractivity contribution in [3.05, 3.63) is 46.5 Å². The Kier molecular flexibility index (Phi) is 4.25. The summed E-state index contributed by atoms with van der Waals surface area (Å²) >= 11 is 0. The normalized spacial score (nSPS) is 28.4. The van der Waals surface area contributed by atoms with Crippen LogP contribution in [0.2, 0.25) is 0 Å². The molecule has 3 amide bonds. The van der Waals surface area contributed by atoms with E-state index in [9.17, 15) is 24.5 Å². The molecule has 2 bridgehead atoms. The maximum Gasteiger partial charge on any atom is 0.269 e. The fraction of sp³-hybridized carbons (Fsp3) is 0.421. The standard InChI is InChI=1S/C19H19N3O5/c23-15(20-13-5-7-14(8-6-13)22(26)27)9-10-21-18(24)16-11-1-2-12(4-3-11)17(16)19(21)25/h1-2,5-8,11-12,16-17H,3-4,9-10H2,(H,20,23). The number of imide groups is 1. The smallest absolute Gasteiger partial charge is 0.269 e. The lowest BCUT2D eigenvalue weighted by molar-refractivity contribution is -0.384. The minimum absolute atomic E-state index is 0.00330. The number of carbonyl (C=O) groups is 3. The Hall–Kier alpha value is -3.03. The van der Waals surface area contributed by atoms with E-state index in [1.54, 1.807) is 0 Å². The molecule has 8 nitrogen and oxygen atoms in total. The van der Waals surface area contributed by atoms with E-state index in [1.165, 1.54) is 29.2 Å². The van der Waals surface area contributed by atoms with Gasteiger partial charge in [-0.2, -0.15) is 0 Å². The summed E-state index contributed by atoms with van der Waals surface area (Å²) in [5, 5.41) is 13.3. The summed E-state index contributed by atoms with van der Waals surface area (Å²) in [7, 11) is 0. The van der Waals surface area contributed by atoms with E-state index in [4.69, 9.17) is 0 Å². The van der Waals surface area contributed by atoms with Gasteiger partial charge in [-0.3, -0.25) is 29.4 Å². The van der Waals surface area contributed by atoms with Gasteiger partial charge in [-0.25, -0.2) is 0 Å². The second kappa shape index (κ2) is 6.61. The molecule has 1 aromatic rings. The molecule has 5 rings (SSSR count). The Balaban J connectivity index is 1.36. The van der Waals surface area contributed by atoms with Crippen LogP contribution in [0.5, 0.6) is 0 Å². The minimum Gasteiger partial charge on any atom is -0.326 e. The van der Waals surface area contributed by atoms with Crippen molar-refractivity contribution in [3.8, 4) is 0 Å². The Bertz CT molecular complexity index is 815. The highest BCUT2D eigenvalue weighted by Crippen LogP contribution is 2.49. The van der Waals surface area contributed by atoms with Crippen molar-refractivity contribution in [2.24, 2.45) is 23.7 Å².